The van der Waals surface area contributed by atoms with Gasteiger partial charge in [-0.3, -0.25) is 0 Å². The number of hydrogen-bond acceptors (Lipinski definition) is 6. The summed E-state index contributed by atoms with van der Waals surface area (Å²) in [6.07, 6.45) is 0. The highest BCUT2D eigenvalue weighted by atomic mass is 32.1. The lowest BCUT2D eigenvalue weighted by Gasteiger charge is -2.05. The van der Waals surface area contributed by atoms with Gasteiger partial charge in [0.05, 0.1) is 0 Å². The largest absolute Gasteiger partial charge is 0.479 e. The Morgan fingerprint density at radius 2 is 1.76 bits per heavy atom. The fourth-order valence-corrected chi connectivity index (χ4v) is 3.16. The van der Waals surface area contributed by atoms with Gasteiger partial charge < -0.3 is 20.1 Å². The van der Waals surface area contributed by atoms with Crippen LogP contribution in [0.5, 0.6) is 5.75 Å². The zero-order valence-corrected chi connectivity index (χ0v) is 11.9. The Balaban J connectivity index is 2.44. The van der Waals surface area contributed by atoms with Gasteiger partial charge in [0.1, 0.15) is 4.88 Å². The van der Waals surface area contributed by atoms with Gasteiger partial charge in [0.15, 0.2) is 17.2 Å². The van der Waals surface area contributed by atoms with Crippen LogP contribution in [0.4, 0.5) is 0 Å². The third-order valence-corrected chi connectivity index (χ3v) is 4.27. The number of aliphatic carboxylic acids is 1. The van der Waals surface area contributed by atoms with E-state index in [1.807, 2.05) is 0 Å². The van der Waals surface area contributed by atoms with Crippen LogP contribution in [0.2, 0.25) is 0 Å². The first kappa shape index (κ1) is 15.0. The van der Waals surface area contributed by atoms with Crippen molar-refractivity contribution in [1.82, 2.24) is 0 Å². The maximum atomic E-state index is 11.1. The lowest BCUT2D eigenvalue weighted by molar-refractivity contribution is -0.139. The number of hydrogen-bond donors (Lipinski definition) is 3. The van der Waals surface area contributed by atoms with E-state index >= 15 is 0 Å². The zero-order valence-electron chi connectivity index (χ0n) is 10.2. The summed E-state index contributed by atoms with van der Waals surface area (Å²) in [5.41, 5.74) is 0.837. The molecule has 2 aromatic rings. The molecule has 0 aliphatic carbocycles. The number of rotatable bonds is 6. The quantitative estimate of drug-likeness (QED) is 0.744. The van der Waals surface area contributed by atoms with Crippen molar-refractivity contribution >= 4 is 40.6 Å². The molecular weight excluding hydrogens is 320 g/mol. The molecule has 2 heterocycles. The second-order valence-electron chi connectivity index (χ2n) is 3.80. The first-order valence-electron chi connectivity index (χ1n) is 5.41. The summed E-state index contributed by atoms with van der Waals surface area (Å²) in [5.74, 6) is -3.63. The number of thiophene rings is 2. The Bertz CT molecular complexity index is 713. The van der Waals surface area contributed by atoms with Gasteiger partial charge in [-0.05, 0) is 17.0 Å². The summed E-state index contributed by atoms with van der Waals surface area (Å²) in [6.45, 7) is -0.681. The third-order valence-electron chi connectivity index (χ3n) is 2.40. The topological polar surface area (TPSA) is 121 Å². The van der Waals surface area contributed by atoms with E-state index in [1.54, 1.807) is 5.38 Å². The first-order valence-corrected chi connectivity index (χ1v) is 7.17. The lowest BCUT2D eigenvalue weighted by Crippen LogP contribution is -2.11. The van der Waals surface area contributed by atoms with Crippen LogP contribution in [0.3, 0.4) is 0 Å². The van der Waals surface area contributed by atoms with Crippen molar-refractivity contribution in [2.75, 3.05) is 6.61 Å². The summed E-state index contributed by atoms with van der Waals surface area (Å²) < 4.78 is 5.04. The Hall–Kier alpha value is -2.39. The molecule has 0 bridgehead atoms. The minimum atomic E-state index is -1.24. The zero-order chi connectivity index (χ0) is 15.6. The Kier molecular flexibility index (Phi) is 4.24. The molecule has 0 spiro atoms. The molecule has 0 unspecified atom stereocenters. The van der Waals surface area contributed by atoms with Crippen LogP contribution >= 0.6 is 22.7 Å². The van der Waals surface area contributed by atoms with E-state index in [1.165, 1.54) is 11.4 Å². The molecule has 0 saturated carbocycles. The van der Waals surface area contributed by atoms with Gasteiger partial charge >= 0.3 is 17.9 Å². The average molecular weight is 328 g/mol. The number of carboxylic acids is 3. The van der Waals surface area contributed by atoms with Gasteiger partial charge in [0.25, 0.3) is 0 Å². The molecule has 9 heteroatoms. The summed E-state index contributed by atoms with van der Waals surface area (Å²) in [4.78, 5) is 32.5. The molecule has 21 heavy (non-hydrogen) atoms. The normalized spacial score (nSPS) is 10.3. The maximum Gasteiger partial charge on any atom is 0.349 e. The second kappa shape index (κ2) is 5.94. The fraction of sp³-hybridized carbons (Fsp3) is 0.0833. The van der Waals surface area contributed by atoms with Gasteiger partial charge in [-0.1, -0.05) is 0 Å². The summed E-state index contributed by atoms with van der Waals surface area (Å²) >= 11 is 1.88. The first-order chi connectivity index (χ1) is 9.90. The van der Waals surface area contributed by atoms with Crippen LogP contribution in [0, 0.1) is 0 Å². The average Bonchev–Trinajstić information content (AvgIpc) is 3.02. The molecule has 0 atom stereocenters. The van der Waals surface area contributed by atoms with Crippen LogP contribution in [-0.4, -0.2) is 39.8 Å². The van der Waals surface area contributed by atoms with E-state index in [0.29, 0.717) is 11.1 Å². The minimum Gasteiger partial charge on any atom is -0.479 e. The second-order valence-corrected chi connectivity index (χ2v) is 5.59. The van der Waals surface area contributed by atoms with Gasteiger partial charge in [-0.25, -0.2) is 14.4 Å². The van der Waals surface area contributed by atoms with E-state index < -0.39 is 24.5 Å². The molecule has 2 rings (SSSR count). The van der Waals surface area contributed by atoms with E-state index in [9.17, 15) is 14.4 Å². The molecule has 0 aromatic carbocycles. The highest BCUT2D eigenvalue weighted by Crippen LogP contribution is 2.40. The predicted octanol–water partition coefficient (Wildman–Crippen LogP) is 2.34. The highest BCUT2D eigenvalue weighted by Gasteiger charge is 2.22. The van der Waals surface area contributed by atoms with E-state index in [0.717, 1.165) is 22.7 Å². The maximum absolute atomic E-state index is 11.1. The van der Waals surface area contributed by atoms with Crippen molar-refractivity contribution < 1.29 is 34.4 Å². The molecule has 0 radical (unpaired) electrons. The molecule has 0 aliphatic heterocycles. The van der Waals surface area contributed by atoms with Crippen LogP contribution in [0.15, 0.2) is 16.8 Å². The van der Waals surface area contributed by atoms with E-state index in [4.69, 9.17) is 20.1 Å². The Labute approximate surface area is 125 Å². The number of aromatic carboxylic acids is 2. The van der Waals surface area contributed by atoms with Gasteiger partial charge in [-0.2, -0.15) is 0 Å². The monoisotopic (exact) mass is 328 g/mol. The molecular formula is C12H8O7S2. The molecule has 2 aromatic heterocycles. The van der Waals surface area contributed by atoms with Crippen molar-refractivity contribution in [1.29, 1.82) is 0 Å². The third kappa shape index (κ3) is 3.20. The summed E-state index contributed by atoms with van der Waals surface area (Å²) in [6, 6.07) is 1.38. The smallest absolute Gasteiger partial charge is 0.349 e. The van der Waals surface area contributed by atoms with Crippen molar-refractivity contribution in [2.24, 2.45) is 0 Å². The van der Waals surface area contributed by atoms with Crippen LogP contribution in [-0.2, 0) is 4.79 Å². The molecule has 0 saturated heterocycles. The van der Waals surface area contributed by atoms with Crippen molar-refractivity contribution in [3.8, 4) is 16.9 Å². The molecule has 7 nitrogen and oxygen atoms in total. The Morgan fingerprint density at radius 3 is 2.29 bits per heavy atom. The van der Waals surface area contributed by atoms with Crippen LogP contribution in [0.1, 0.15) is 19.3 Å². The van der Waals surface area contributed by atoms with Crippen LogP contribution < -0.4 is 4.74 Å². The van der Waals surface area contributed by atoms with Gasteiger partial charge in [0, 0.05) is 10.9 Å². The molecule has 0 amide bonds. The Morgan fingerprint density at radius 1 is 1.05 bits per heavy atom. The predicted molar refractivity (Wildman–Crippen MR) is 74.7 cm³/mol. The molecule has 0 fully saturated rings. The highest BCUT2D eigenvalue weighted by molar-refractivity contribution is 7.13. The molecule has 3 N–H and O–H groups in total. The molecule has 110 valence electrons. The summed E-state index contributed by atoms with van der Waals surface area (Å²) in [5, 5.41) is 29.6. The SMILES string of the molecule is O=C(O)COc1c(-c2csc(C(=O)O)c2)csc1C(=O)O. The van der Waals surface area contributed by atoms with Gasteiger partial charge in [0.2, 0.25) is 0 Å². The van der Waals surface area contributed by atoms with Crippen molar-refractivity contribution in [2.45, 2.75) is 0 Å². The minimum absolute atomic E-state index is 0.0651. The fourth-order valence-electron chi connectivity index (χ4n) is 1.56. The number of ether oxygens (including phenoxy) is 1. The van der Waals surface area contributed by atoms with Crippen molar-refractivity contribution in [3.63, 3.8) is 0 Å². The number of carboxylic acid groups (broad SMARTS) is 3. The summed E-state index contributed by atoms with van der Waals surface area (Å²) in [7, 11) is 0. The van der Waals surface area contributed by atoms with Gasteiger partial charge in [-0.15, -0.1) is 22.7 Å². The van der Waals surface area contributed by atoms with Crippen molar-refractivity contribution in [3.05, 3.63) is 26.6 Å². The standard InChI is InChI=1S/C12H8O7S2/c13-8(14)2-19-9-6(4-21-10(9)12(17)18)5-1-7(11(15)16)20-3-5/h1,3-4H,2H2,(H,13,14)(H,15,16)(H,17,18). The van der Waals surface area contributed by atoms with E-state index in [-0.39, 0.29) is 15.5 Å². The van der Waals surface area contributed by atoms with Crippen LogP contribution in [0.25, 0.3) is 11.1 Å². The molecule has 0 aliphatic rings. The number of carbonyl (C=O) groups is 3. The lowest BCUT2D eigenvalue weighted by atomic mass is 10.1. The van der Waals surface area contributed by atoms with E-state index in [2.05, 4.69) is 0 Å².